The molecule has 0 spiro atoms. The first kappa shape index (κ1) is 37.7. The van der Waals surface area contributed by atoms with Crippen LogP contribution >= 0.6 is 0 Å². The first-order valence-corrected chi connectivity index (χ1v) is 18.9. The van der Waals surface area contributed by atoms with Gasteiger partial charge in [-0.3, -0.25) is 9.78 Å². The van der Waals surface area contributed by atoms with Crippen LogP contribution in [0.2, 0.25) is 0 Å². The van der Waals surface area contributed by atoms with Crippen molar-refractivity contribution in [2.24, 2.45) is 11.8 Å². The number of para-hydroxylation sites is 1. The molecule has 3 atom stereocenters. The molecule has 2 heterocycles. The number of aliphatic hydroxyl groups is 1. The van der Waals surface area contributed by atoms with Gasteiger partial charge in [0.1, 0.15) is 11.8 Å². The van der Waals surface area contributed by atoms with Gasteiger partial charge in [-0.15, -0.1) is 0 Å². The van der Waals surface area contributed by atoms with E-state index in [1.165, 1.54) is 23.5 Å². The Kier molecular flexibility index (Phi) is 12.3. The van der Waals surface area contributed by atoms with Crippen LogP contribution in [0.25, 0.3) is 10.9 Å². The molecular formula is C39H49N5O6S. The number of carbonyl (C=O) groups is 2. The fraction of sp³-hybridized carbons (Fsp3) is 0.410. The van der Waals surface area contributed by atoms with Crippen LogP contribution in [0.15, 0.2) is 95.9 Å². The molecule has 11 nitrogen and oxygen atoms in total. The zero-order valence-corrected chi connectivity index (χ0v) is 30.8. The number of ether oxygens (including phenoxy) is 1. The molecule has 2 N–H and O–H groups in total. The molecule has 0 bridgehead atoms. The smallest absolute Gasteiger partial charge is 0.321 e. The maximum atomic E-state index is 14.2. The summed E-state index contributed by atoms with van der Waals surface area (Å²) in [6, 6.07) is 25.4. The van der Waals surface area contributed by atoms with Gasteiger partial charge in [0.05, 0.1) is 41.9 Å². The predicted octanol–water partition coefficient (Wildman–Crippen LogP) is 4.94. The number of aliphatic hydroxyl groups excluding tert-OH is 1. The molecule has 5 rings (SSSR count). The molecule has 0 saturated carbocycles. The van der Waals surface area contributed by atoms with E-state index in [4.69, 9.17) is 9.72 Å². The number of sulfonamides is 1. The summed E-state index contributed by atoms with van der Waals surface area (Å²) < 4.78 is 34.2. The minimum atomic E-state index is -4.00. The molecular weight excluding hydrogens is 667 g/mol. The van der Waals surface area contributed by atoms with Crippen molar-refractivity contribution in [2.75, 3.05) is 33.3 Å². The van der Waals surface area contributed by atoms with Gasteiger partial charge < -0.3 is 25.0 Å². The molecule has 51 heavy (non-hydrogen) atoms. The number of methoxy groups -OCH3 is 1. The van der Waals surface area contributed by atoms with Gasteiger partial charge in [-0.25, -0.2) is 13.2 Å². The van der Waals surface area contributed by atoms with E-state index in [1.807, 2.05) is 94.4 Å². The Balaban J connectivity index is 1.35. The third kappa shape index (κ3) is 9.24. The molecule has 1 aliphatic heterocycles. The second kappa shape index (κ2) is 16.7. The summed E-state index contributed by atoms with van der Waals surface area (Å²) in [6.07, 6.45) is -1.01. The molecule has 1 aromatic heterocycles. The number of urea groups is 1. The number of aromatic nitrogens is 1. The lowest BCUT2D eigenvalue weighted by molar-refractivity contribution is -0.128. The number of benzene rings is 3. The second-order valence-corrected chi connectivity index (χ2v) is 15.8. The first-order chi connectivity index (χ1) is 24.4. The van der Waals surface area contributed by atoms with Crippen LogP contribution < -0.4 is 10.1 Å². The molecule has 1 fully saturated rings. The van der Waals surface area contributed by atoms with Crippen molar-refractivity contribution in [3.63, 3.8) is 0 Å². The molecule has 0 aliphatic carbocycles. The normalized spacial score (nSPS) is 15.5. The Morgan fingerprint density at radius 1 is 0.922 bits per heavy atom. The van der Waals surface area contributed by atoms with Crippen molar-refractivity contribution in [3.8, 4) is 5.75 Å². The largest absolute Gasteiger partial charge is 0.497 e. The minimum Gasteiger partial charge on any atom is -0.497 e. The number of hydrogen-bond acceptors (Lipinski definition) is 7. The van der Waals surface area contributed by atoms with Gasteiger partial charge in [-0.1, -0.05) is 82.3 Å². The molecule has 272 valence electrons. The standard InChI is InChI=1S/C39H49N5O6S/c1-27(2)24-43(51(48,49)33-19-17-32(50-5)18-20-33)26-36(45)35(23-29-11-7-6-8-12-29)41-38(46)37(28(3)4)44-22-21-42(39(44)47)25-31-16-15-30-13-9-10-14-34(30)40-31/h6-20,27-28,35-37,45H,21-26H2,1-5H3,(H,41,46)/t35-,36+,37-/m0/s1. The zero-order valence-electron chi connectivity index (χ0n) is 30.0. The van der Waals surface area contributed by atoms with Gasteiger partial charge in [0.2, 0.25) is 15.9 Å². The van der Waals surface area contributed by atoms with Gasteiger partial charge in [0, 0.05) is 31.6 Å². The van der Waals surface area contributed by atoms with Crippen LogP contribution in [-0.4, -0.2) is 96.0 Å². The van der Waals surface area contributed by atoms with Gasteiger partial charge >= 0.3 is 6.03 Å². The summed E-state index contributed by atoms with van der Waals surface area (Å²) in [7, 11) is -2.49. The fourth-order valence-corrected chi connectivity index (χ4v) is 8.15. The highest BCUT2D eigenvalue weighted by atomic mass is 32.2. The van der Waals surface area contributed by atoms with E-state index in [0.29, 0.717) is 25.4 Å². The average Bonchev–Trinajstić information content (AvgIpc) is 3.46. The number of hydrogen-bond donors (Lipinski definition) is 2. The van der Waals surface area contributed by atoms with Crippen LogP contribution in [-0.2, 0) is 27.8 Å². The zero-order chi connectivity index (χ0) is 36.7. The van der Waals surface area contributed by atoms with E-state index >= 15 is 0 Å². The Hall–Kier alpha value is -4.52. The number of pyridine rings is 1. The molecule has 1 saturated heterocycles. The number of fused-ring (bicyclic) bond motifs is 1. The van der Waals surface area contributed by atoms with Crippen molar-refractivity contribution in [1.82, 2.24) is 24.4 Å². The monoisotopic (exact) mass is 715 g/mol. The van der Waals surface area contributed by atoms with Crippen LogP contribution in [0.4, 0.5) is 4.79 Å². The lowest BCUT2D eigenvalue weighted by Gasteiger charge is -2.34. The Morgan fingerprint density at radius 3 is 2.27 bits per heavy atom. The van der Waals surface area contributed by atoms with Crippen molar-refractivity contribution < 1.29 is 27.9 Å². The van der Waals surface area contributed by atoms with E-state index < -0.39 is 34.1 Å². The van der Waals surface area contributed by atoms with Gasteiger partial charge in [-0.2, -0.15) is 4.31 Å². The minimum absolute atomic E-state index is 0.0355. The van der Waals surface area contributed by atoms with Gasteiger partial charge in [-0.05, 0) is 60.2 Å². The SMILES string of the molecule is COc1ccc(S(=O)(=O)N(CC(C)C)C[C@@H](O)[C@H](Cc2ccccc2)NC(=O)[C@H](C(C)C)N2CCN(Cc3ccc4ccccc4n3)C2=O)cc1. The molecule has 12 heteroatoms. The number of nitrogens with one attached hydrogen (secondary N) is 1. The fourth-order valence-electron chi connectivity index (χ4n) is 6.53. The first-order valence-electron chi connectivity index (χ1n) is 17.4. The van der Waals surface area contributed by atoms with Gasteiger partial charge in [0.25, 0.3) is 0 Å². The van der Waals surface area contributed by atoms with Crippen LogP contribution in [0.5, 0.6) is 5.75 Å². The number of nitrogens with zero attached hydrogens (tertiary/aromatic N) is 4. The summed E-state index contributed by atoms with van der Waals surface area (Å²) in [4.78, 5) is 36.1. The van der Waals surface area contributed by atoms with E-state index in [0.717, 1.165) is 22.2 Å². The van der Waals surface area contributed by atoms with Crippen molar-refractivity contribution in [3.05, 3.63) is 102 Å². The summed E-state index contributed by atoms with van der Waals surface area (Å²) in [6.45, 7) is 8.62. The van der Waals surface area contributed by atoms with E-state index in [1.54, 1.807) is 21.9 Å². The Labute approximate surface area is 301 Å². The molecule has 3 amide bonds. The maximum Gasteiger partial charge on any atom is 0.321 e. The van der Waals surface area contributed by atoms with Crippen molar-refractivity contribution in [1.29, 1.82) is 0 Å². The third-order valence-corrected chi connectivity index (χ3v) is 11.0. The lowest BCUT2D eigenvalue weighted by Crippen LogP contribution is -2.57. The van der Waals surface area contributed by atoms with E-state index in [9.17, 15) is 23.1 Å². The Morgan fingerprint density at radius 2 is 1.61 bits per heavy atom. The summed E-state index contributed by atoms with van der Waals surface area (Å²) in [5, 5.41) is 15.8. The highest BCUT2D eigenvalue weighted by molar-refractivity contribution is 7.89. The third-order valence-electron chi connectivity index (χ3n) is 9.12. The summed E-state index contributed by atoms with van der Waals surface area (Å²) >= 11 is 0. The molecule has 0 radical (unpaired) electrons. The molecule has 3 aromatic carbocycles. The van der Waals surface area contributed by atoms with Crippen LogP contribution in [0, 0.1) is 11.8 Å². The van der Waals surface area contributed by atoms with E-state index in [2.05, 4.69) is 5.32 Å². The quantitative estimate of drug-likeness (QED) is 0.168. The number of carbonyl (C=O) groups excluding carboxylic acids is 2. The summed E-state index contributed by atoms with van der Waals surface area (Å²) in [5.41, 5.74) is 2.48. The second-order valence-electron chi connectivity index (χ2n) is 13.8. The van der Waals surface area contributed by atoms with E-state index in [-0.39, 0.29) is 42.3 Å². The number of amides is 3. The molecule has 1 aliphatic rings. The summed E-state index contributed by atoms with van der Waals surface area (Å²) in [5.74, 6) is -0.154. The molecule has 0 unspecified atom stereocenters. The lowest BCUT2D eigenvalue weighted by atomic mass is 9.97. The highest BCUT2D eigenvalue weighted by Gasteiger charge is 2.40. The number of rotatable bonds is 16. The highest BCUT2D eigenvalue weighted by Crippen LogP contribution is 2.24. The van der Waals surface area contributed by atoms with Gasteiger partial charge in [0.15, 0.2) is 0 Å². The van der Waals surface area contributed by atoms with Crippen molar-refractivity contribution >= 4 is 32.9 Å². The van der Waals surface area contributed by atoms with Crippen molar-refractivity contribution in [2.45, 2.75) is 63.7 Å². The van der Waals surface area contributed by atoms with Crippen LogP contribution in [0.1, 0.15) is 39.0 Å². The Bertz CT molecular complexity index is 1890. The van der Waals surface area contributed by atoms with Crippen LogP contribution in [0.3, 0.4) is 0 Å². The predicted molar refractivity (Wildman–Crippen MR) is 198 cm³/mol. The molecule has 4 aromatic rings. The maximum absolute atomic E-state index is 14.2. The topological polar surface area (TPSA) is 132 Å². The average molecular weight is 716 g/mol.